The number of hydrogen-bond donors (Lipinski definition) is 0. The normalized spacial score (nSPS) is 27.2. The van der Waals surface area contributed by atoms with Crippen molar-refractivity contribution < 1.29 is 45.7 Å². The monoisotopic (exact) mass is 1110 g/mol. The standard InChI is InChI=1S/C41H64O5S.C14H24F5IS/c1-3-4-27-47-28-15-9-7-5-6-8-10-16-33-39-32(23-24-41(2)35(39)21-22-36(41)46-38-18-12-14-26-44-38)31-20-19-30(29-34(31)40(33)42)45-37-17-11-13-25-43-37;15-13(16,14(17,18)19)9-8-12-21-11-7-5-3-1-2-4-6-10-20/h19-20,29,32-33,35-39H,3-18,21-28H2,1-2H3;1-12H2/t32?,33-,35?,36-,37?,38?,39?,41-;/m0./s1. The number of halogens is 6. The Labute approximate surface area is 430 Å². The Kier molecular flexibility index (Phi) is 27.0. The molecule has 0 bridgehead atoms. The molecule has 4 fully saturated rings. The minimum Gasteiger partial charge on any atom is -0.465 e. The van der Waals surface area contributed by atoms with E-state index in [2.05, 4.69) is 66.4 Å². The van der Waals surface area contributed by atoms with Crippen LogP contribution in [0.5, 0.6) is 5.75 Å². The van der Waals surface area contributed by atoms with Crippen LogP contribution in [0.3, 0.4) is 0 Å². The van der Waals surface area contributed by atoms with Crippen LogP contribution in [0.2, 0.25) is 0 Å². The number of rotatable bonds is 30. The first-order valence-corrected chi connectivity index (χ1v) is 31.1. The summed E-state index contributed by atoms with van der Waals surface area (Å²) in [6, 6.07) is 6.43. The van der Waals surface area contributed by atoms with Crippen LogP contribution >= 0.6 is 46.1 Å². The second-order valence-electron chi connectivity index (χ2n) is 20.8. The van der Waals surface area contributed by atoms with Crippen molar-refractivity contribution in [1.29, 1.82) is 0 Å². The lowest BCUT2D eigenvalue weighted by Gasteiger charge is -2.53. The minimum atomic E-state index is -5.41. The van der Waals surface area contributed by atoms with Gasteiger partial charge in [-0.25, -0.2) is 0 Å². The van der Waals surface area contributed by atoms with Gasteiger partial charge in [-0.3, -0.25) is 4.79 Å². The van der Waals surface area contributed by atoms with Crippen molar-refractivity contribution in [3.8, 4) is 5.75 Å². The van der Waals surface area contributed by atoms with Crippen molar-refractivity contribution in [2.45, 2.75) is 237 Å². The first kappa shape index (κ1) is 58.5. The number of carbonyl (C=O) groups excluding carboxylic acids is 1. The highest BCUT2D eigenvalue weighted by atomic mass is 127. The van der Waals surface area contributed by atoms with Crippen LogP contribution < -0.4 is 4.74 Å². The number of thioether (sulfide) groups is 2. The fourth-order valence-corrected chi connectivity index (χ4v) is 14.3. The molecule has 5 aliphatic rings. The molecule has 3 aliphatic carbocycles. The SMILES string of the molecule is CCCCSCCCCCCCCC[C@@H]1C(=O)c2cc(OC3CCCCO3)ccc2C2CC[C@@]3(C)C(CC[C@@H]3OC3CCCCO3)C21.FC(F)(F)C(F)(F)CCCSCCCCCCCCCI. The number of benzene rings is 1. The fraction of sp³-hybridized carbons (Fsp3) is 0.873. The predicted octanol–water partition coefficient (Wildman–Crippen LogP) is 17.7. The highest BCUT2D eigenvalue weighted by Gasteiger charge is 2.59. The lowest BCUT2D eigenvalue weighted by molar-refractivity contribution is -0.284. The molecule has 13 heteroatoms. The van der Waals surface area contributed by atoms with Gasteiger partial charge < -0.3 is 18.9 Å². The summed E-state index contributed by atoms with van der Waals surface area (Å²) >= 11 is 5.98. The van der Waals surface area contributed by atoms with Crippen LogP contribution in [0.25, 0.3) is 0 Å². The third-order valence-electron chi connectivity index (χ3n) is 15.7. The van der Waals surface area contributed by atoms with Crippen molar-refractivity contribution in [1.82, 2.24) is 0 Å². The smallest absolute Gasteiger partial charge is 0.453 e. The number of fused-ring (bicyclic) bond motifs is 5. The molecule has 5 nitrogen and oxygen atoms in total. The molecule has 2 heterocycles. The third kappa shape index (κ3) is 18.5. The highest BCUT2D eigenvalue weighted by Crippen LogP contribution is 2.63. The van der Waals surface area contributed by atoms with E-state index in [4.69, 9.17) is 18.9 Å². The van der Waals surface area contributed by atoms with Gasteiger partial charge in [-0.05, 0) is 165 Å². The Morgan fingerprint density at radius 1 is 0.706 bits per heavy atom. The van der Waals surface area contributed by atoms with Gasteiger partial charge in [0.1, 0.15) is 5.75 Å². The Morgan fingerprint density at radius 3 is 1.90 bits per heavy atom. The molecule has 0 N–H and O–H groups in total. The zero-order valence-corrected chi connectivity index (χ0v) is 45.6. The molecular formula is C55H88F5IO5S2. The summed E-state index contributed by atoms with van der Waals surface area (Å²) in [6.45, 7) is 6.36. The summed E-state index contributed by atoms with van der Waals surface area (Å²) in [4.78, 5) is 14.6. The lowest BCUT2D eigenvalue weighted by Crippen LogP contribution is -2.50. The number of alkyl halides is 6. The maximum atomic E-state index is 14.6. The van der Waals surface area contributed by atoms with Crippen molar-refractivity contribution in [2.75, 3.05) is 40.7 Å². The molecule has 5 unspecified atom stereocenters. The van der Waals surface area contributed by atoms with E-state index >= 15 is 0 Å². The van der Waals surface area contributed by atoms with Crippen molar-refractivity contribution in [2.24, 2.45) is 23.2 Å². The number of Topliss-reactive ketones (excluding diaryl/α,β-unsaturated/α-hetero) is 1. The molecule has 6 rings (SSSR count). The molecule has 68 heavy (non-hydrogen) atoms. The number of unbranched alkanes of at least 4 members (excludes halogenated alkanes) is 13. The van der Waals surface area contributed by atoms with Gasteiger partial charge in [-0.1, -0.05) is 120 Å². The second-order valence-corrected chi connectivity index (χ2v) is 24.3. The fourth-order valence-electron chi connectivity index (χ4n) is 11.7. The molecule has 0 aromatic heterocycles. The first-order valence-electron chi connectivity index (χ1n) is 27.3. The van der Waals surface area contributed by atoms with Gasteiger partial charge in [0.15, 0.2) is 18.4 Å². The summed E-state index contributed by atoms with van der Waals surface area (Å²) in [7, 11) is 0. The van der Waals surface area contributed by atoms with Crippen molar-refractivity contribution in [3.63, 3.8) is 0 Å². The van der Waals surface area contributed by atoms with E-state index in [-0.39, 0.29) is 36.4 Å². The first-order chi connectivity index (χ1) is 32.9. The van der Waals surface area contributed by atoms with Gasteiger partial charge in [-0.15, -0.1) is 0 Å². The Hall–Kier alpha value is -0.350. The largest absolute Gasteiger partial charge is 0.465 e. The van der Waals surface area contributed by atoms with Crippen molar-refractivity contribution >= 4 is 51.9 Å². The number of ether oxygens (including phenoxy) is 4. The lowest BCUT2D eigenvalue weighted by atomic mass is 9.51. The molecule has 2 aliphatic heterocycles. The van der Waals surface area contributed by atoms with Crippen LogP contribution in [0.4, 0.5) is 22.0 Å². The highest BCUT2D eigenvalue weighted by molar-refractivity contribution is 14.1. The van der Waals surface area contributed by atoms with Crippen LogP contribution in [0.1, 0.15) is 222 Å². The van der Waals surface area contributed by atoms with E-state index < -0.39 is 18.5 Å². The summed E-state index contributed by atoms with van der Waals surface area (Å²) in [6.07, 6.45) is 25.7. The molecule has 1 aromatic carbocycles. The molecule has 0 spiro atoms. The molecule has 392 valence electrons. The number of carbonyl (C=O) groups is 1. The quantitative estimate of drug-likeness (QED) is 0.0329. The van der Waals surface area contributed by atoms with E-state index in [1.165, 1.54) is 136 Å². The van der Waals surface area contributed by atoms with Crippen LogP contribution in [-0.4, -0.2) is 77.2 Å². The topological polar surface area (TPSA) is 54.0 Å². The molecular weight excluding hydrogens is 1030 g/mol. The van der Waals surface area contributed by atoms with Gasteiger partial charge in [0.05, 0.1) is 12.7 Å². The maximum Gasteiger partial charge on any atom is 0.453 e. The van der Waals surface area contributed by atoms with Crippen LogP contribution in [0, 0.1) is 23.2 Å². The zero-order chi connectivity index (χ0) is 48.7. The average Bonchev–Trinajstić information content (AvgIpc) is 3.66. The van der Waals surface area contributed by atoms with E-state index in [1.807, 2.05) is 0 Å². The van der Waals surface area contributed by atoms with E-state index in [1.54, 1.807) is 0 Å². The number of hydrogen-bond acceptors (Lipinski definition) is 7. The summed E-state index contributed by atoms with van der Waals surface area (Å²) in [5, 5.41) is 0. The van der Waals surface area contributed by atoms with Crippen molar-refractivity contribution in [3.05, 3.63) is 29.3 Å². The van der Waals surface area contributed by atoms with E-state index in [0.29, 0.717) is 29.3 Å². The van der Waals surface area contributed by atoms with E-state index in [9.17, 15) is 26.7 Å². The maximum absolute atomic E-state index is 14.6. The molecule has 1 aromatic rings. The molecule has 8 atom stereocenters. The minimum absolute atomic E-state index is 0.0436. The summed E-state index contributed by atoms with van der Waals surface area (Å²) in [5.74, 6) is 2.01. The Balaban J connectivity index is 0.000000348. The van der Waals surface area contributed by atoms with Crippen LogP contribution in [0.15, 0.2) is 18.2 Å². The van der Waals surface area contributed by atoms with E-state index in [0.717, 1.165) is 101 Å². The molecule has 0 radical (unpaired) electrons. The van der Waals surface area contributed by atoms with Crippen LogP contribution in [-0.2, 0) is 14.2 Å². The van der Waals surface area contributed by atoms with Gasteiger partial charge in [0.2, 0.25) is 0 Å². The van der Waals surface area contributed by atoms with Gasteiger partial charge in [0, 0.05) is 30.9 Å². The summed E-state index contributed by atoms with van der Waals surface area (Å²) < 4.78 is 87.1. The second kappa shape index (κ2) is 31.4. The Bertz CT molecular complexity index is 1540. The average molecular weight is 1120 g/mol. The predicted molar refractivity (Wildman–Crippen MR) is 281 cm³/mol. The van der Waals surface area contributed by atoms with Gasteiger partial charge >= 0.3 is 12.1 Å². The van der Waals surface area contributed by atoms with Gasteiger partial charge in [0.25, 0.3) is 0 Å². The third-order valence-corrected chi connectivity index (χ3v) is 18.7. The zero-order valence-electron chi connectivity index (χ0n) is 41.9. The molecule has 2 saturated carbocycles. The Morgan fingerprint density at radius 2 is 1.29 bits per heavy atom. The summed E-state index contributed by atoms with van der Waals surface area (Å²) in [5.41, 5.74) is 2.34. The van der Waals surface area contributed by atoms with Gasteiger partial charge in [-0.2, -0.15) is 45.5 Å². The number of ketones is 1. The molecule has 2 saturated heterocycles. The molecule has 0 amide bonds.